The summed E-state index contributed by atoms with van der Waals surface area (Å²) in [6, 6.07) is 17.8. The monoisotopic (exact) mass is 292 g/mol. The molecule has 0 aliphatic carbocycles. The van der Waals surface area contributed by atoms with Gasteiger partial charge in [0, 0.05) is 11.1 Å². The summed E-state index contributed by atoms with van der Waals surface area (Å²) >= 11 is 0. The molecule has 22 heavy (non-hydrogen) atoms. The third-order valence-corrected chi connectivity index (χ3v) is 3.11. The Morgan fingerprint density at radius 2 is 1.50 bits per heavy atom. The van der Waals surface area contributed by atoms with Crippen LogP contribution in [-0.2, 0) is 0 Å². The van der Waals surface area contributed by atoms with Crippen LogP contribution in [0.5, 0.6) is 0 Å². The van der Waals surface area contributed by atoms with Gasteiger partial charge in [0.25, 0.3) is 5.89 Å². The average Bonchev–Trinajstić information content (AvgIpc) is 3.06. The maximum absolute atomic E-state index is 12.1. The molecule has 0 amide bonds. The highest BCUT2D eigenvalue weighted by Crippen LogP contribution is 2.16. The van der Waals surface area contributed by atoms with E-state index in [1.54, 1.807) is 24.3 Å². The first-order valence-corrected chi connectivity index (χ1v) is 6.74. The molecule has 108 valence electrons. The molecule has 1 aromatic heterocycles. The Bertz CT molecular complexity index is 795. The summed E-state index contributed by atoms with van der Waals surface area (Å²) in [5.74, 6) is -0.576. The van der Waals surface area contributed by atoms with Crippen molar-refractivity contribution in [3.05, 3.63) is 72.1 Å². The molecule has 0 N–H and O–H groups in total. The Morgan fingerprint density at radius 3 is 2.18 bits per heavy atom. The molecule has 3 rings (SSSR count). The van der Waals surface area contributed by atoms with Gasteiger partial charge in [-0.1, -0.05) is 65.8 Å². The van der Waals surface area contributed by atoms with E-state index in [1.807, 2.05) is 36.4 Å². The molecule has 0 aliphatic rings. The van der Waals surface area contributed by atoms with Crippen LogP contribution >= 0.6 is 0 Å². The molecule has 0 radical (unpaired) electrons. The quantitative estimate of drug-likeness (QED) is 0.533. The topological polar surface area (TPSA) is 73.1 Å². The normalized spacial score (nSPS) is 10.4. The van der Waals surface area contributed by atoms with Gasteiger partial charge in [0.05, 0.1) is 6.42 Å². The fourth-order valence-corrected chi connectivity index (χ4v) is 1.99. The minimum atomic E-state index is -0.483. The lowest BCUT2D eigenvalue weighted by atomic mass is 10.1. The van der Waals surface area contributed by atoms with Gasteiger partial charge in [-0.05, 0) is 0 Å². The Labute approximate surface area is 126 Å². The number of Topliss-reactive ketones (excluding diaryl/α,β-unsaturated/α-hetero) is 2. The first-order valence-electron chi connectivity index (χ1n) is 6.74. The van der Waals surface area contributed by atoms with Crippen LogP contribution in [0.4, 0.5) is 0 Å². The van der Waals surface area contributed by atoms with Crippen molar-refractivity contribution in [1.82, 2.24) is 10.1 Å². The molecule has 0 saturated carbocycles. The van der Waals surface area contributed by atoms with Crippen LogP contribution in [0.1, 0.15) is 27.5 Å². The van der Waals surface area contributed by atoms with Crippen molar-refractivity contribution in [1.29, 1.82) is 0 Å². The van der Waals surface area contributed by atoms with Gasteiger partial charge in [-0.2, -0.15) is 4.98 Å². The number of rotatable bonds is 5. The molecule has 0 fully saturated rings. The second-order valence-corrected chi connectivity index (χ2v) is 4.68. The lowest BCUT2D eigenvalue weighted by molar-refractivity contribution is 0.0868. The molecule has 5 nitrogen and oxygen atoms in total. The van der Waals surface area contributed by atoms with Crippen molar-refractivity contribution in [3.63, 3.8) is 0 Å². The van der Waals surface area contributed by atoms with E-state index in [9.17, 15) is 9.59 Å². The van der Waals surface area contributed by atoms with Gasteiger partial charge in [0.15, 0.2) is 5.78 Å². The predicted octanol–water partition coefficient (Wildman–Crippen LogP) is 3.19. The molecule has 0 aliphatic heterocycles. The highest BCUT2D eigenvalue weighted by atomic mass is 16.5. The molecular weight excluding hydrogens is 280 g/mol. The molecule has 0 atom stereocenters. The summed E-state index contributed by atoms with van der Waals surface area (Å²) in [4.78, 5) is 28.1. The standard InChI is InChI=1S/C17H12N2O3/c20-14(12-7-3-1-4-8-12)11-15(21)17-18-16(19-22-17)13-9-5-2-6-10-13/h1-10H,11H2. The van der Waals surface area contributed by atoms with Crippen molar-refractivity contribution in [2.24, 2.45) is 0 Å². The van der Waals surface area contributed by atoms with Crippen LogP contribution in [-0.4, -0.2) is 21.7 Å². The number of nitrogens with zero attached hydrogens (tertiary/aromatic N) is 2. The minimum absolute atomic E-state index is 0.150. The summed E-state index contributed by atoms with van der Waals surface area (Å²) in [6.45, 7) is 0. The maximum Gasteiger partial charge on any atom is 0.294 e. The number of aromatic nitrogens is 2. The van der Waals surface area contributed by atoms with E-state index in [0.717, 1.165) is 5.56 Å². The third kappa shape index (κ3) is 2.98. The van der Waals surface area contributed by atoms with Crippen molar-refractivity contribution in [3.8, 4) is 11.4 Å². The smallest absolute Gasteiger partial charge is 0.294 e. The molecule has 3 aromatic rings. The van der Waals surface area contributed by atoms with Crippen LogP contribution in [0.25, 0.3) is 11.4 Å². The van der Waals surface area contributed by atoms with Gasteiger partial charge in [-0.3, -0.25) is 9.59 Å². The number of carbonyl (C=O) groups is 2. The van der Waals surface area contributed by atoms with E-state index in [1.165, 1.54) is 0 Å². The molecule has 1 heterocycles. The van der Waals surface area contributed by atoms with Gasteiger partial charge < -0.3 is 4.52 Å². The van der Waals surface area contributed by atoms with E-state index in [-0.39, 0.29) is 18.1 Å². The second-order valence-electron chi connectivity index (χ2n) is 4.68. The number of carbonyl (C=O) groups excluding carboxylic acids is 2. The zero-order valence-electron chi connectivity index (χ0n) is 11.6. The van der Waals surface area contributed by atoms with Gasteiger partial charge >= 0.3 is 0 Å². The third-order valence-electron chi connectivity index (χ3n) is 3.11. The summed E-state index contributed by atoms with van der Waals surface area (Å²) in [6.07, 6.45) is -0.291. The summed E-state index contributed by atoms with van der Waals surface area (Å²) in [7, 11) is 0. The fraction of sp³-hybridized carbons (Fsp3) is 0.0588. The van der Waals surface area contributed by atoms with Crippen molar-refractivity contribution in [2.75, 3.05) is 0 Å². The Morgan fingerprint density at radius 1 is 0.864 bits per heavy atom. The summed E-state index contributed by atoms with van der Waals surface area (Å²) in [5, 5.41) is 3.77. The van der Waals surface area contributed by atoms with Gasteiger partial charge in [0.2, 0.25) is 11.6 Å². The van der Waals surface area contributed by atoms with Gasteiger partial charge in [-0.15, -0.1) is 0 Å². The molecule has 0 bridgehead atoms. The van der Waals surface area contributed by atoms with Crippen molar-refractivity contribution in [2.45, 2.75) is 6.42 Å². The largest absolute Gasteiger partial charge is 0.330 e. The first-order chi connectivity index (χ1) is 10.7. The lowest BCUT2D eigenvalue weighted by Crippen LogP contribution is -2.08. The number of hydrogen-bond acceptors (Lipinski definition) is 5. The number of benzene rings is 2. The van der Waals surface area contributed by atoms with E-state index in [0.29, 0.717) is 11.4 Å². The Hall–Kier alpha value is -3.08. The SMILES string of the molecule is O=C(CC(=O)c1nc(-c2ccccc2)no1)c1ccccc1. The lowest BCUT2D eigenvalue weighted by Gasteiger charge is -1.97. The van der Waals surface area contributed by atoms with E-state index in [2.05, 4.69) is 10.1 Å². The molecular formula is C17H12N2O3. The van der Waals surface area contributed by atoms with Crippen LogP contribution in [0.2, 0.25) is 0 Å². The van der Waals surface area contributed by atoms with Crippen molar-refractivity contribution < 1.29 is 14.1 Å². The number of hydrogen-bond donors (Lipinski definition) is 0. The highest BCUT2D eigenvalue weighted by molar-refractivity contribution is 6.12. The number of ketones is 2. The predicted molar refractivity (Wildman–Crippen MR) is 79.5 cm³/mol. The van der Waals surface area contributed by atoms with Gasteiger partial charge in [0.1, 0.15) is 0 Å². The summed E-state index contributed by atoms with van der Waals surface area (Å²) in [5.41, 5.74) is 1.23. The fourth-order valence-electron chi connectivity index (χ4n) is 1.99. The zero-order chi connectivity index (χ0) is 15.4. The average molecular weight is 292 g/mol. The molecule has 2 aromatic carbocycles. The van der Waals surface area contributed by atoms with Crippen molar-refractivity contribution >= 4 is 11.6 Å². The molecule has 0 unspecified atom stereocenters. The Kier molecular flexibility index (Phi) is 3.87. The molecule has 0 spiro atoms. The maximum atomic E-state index is 12.1. The minimum Gasteiger partial charge on any atom is -0.330 e. The van der Waals surface area contributed by atoms with Crippen LogP contribution in [0, 0.1) is 0 Å². The zero-order valence-corrected chi connectivity index (χ0v) is 11.6. The van der Waals surface area contributed by atoms with Crippen LogP contribution in [0.15, 0.2) is 65.2 Å². The van der Waals surface area contributed by atoms with E-state index < -0.39 is 5.78 Å². The highest BCUT2D eigenvalue weighted by Gasteiger charge is 2.19. The van der Waals surface area contributed by atoms with E-state index >= 15 is 0 Å². The van der Waals surface area contributed by atoms with Crippen LogP contribution in [0.3, 0.4) is 0 Å². The Balaban J connectivity index is 1.74. The van der Waals surface area contributed by atoms with Gasteiger partial charge in [-0.25, -0.2) is 0 Å². The second kappa shape index (κ2) is 6.13. The molecule has 0 saturated heterocycles. The summed E-state index contributed by atoms with van der Waals surface area (Å²) < 4.78 is 4.95. The van der Waals surface area contributed by atoms with Crippen LogP contribution < -0.4 is 0 Å². The van der Waals surface area contributed by atoms with E-state index in [4.69, 9.17) is 4.52 Å². The first kappa shape index (κ1) is 13.9. The molecule has 5 heteroatoms.